The van der Waals surface area contributed by atoms with Gasteiger partial charge >= 0.3 is 0 Å². The minimum absolute atomic E-state index is 0.832. The van der Waals surface area contributed by atoms with Gasteiger partial charge in [0.25, 0.3) is 0 Å². The number of nitrogens with zero attached hydrogens (tertiary/aromatic N) is 4. The maximum absolute atomic E-state index is 4.28. The molecule has 1 saturated heterocycles. The fraction of sp³-hybridized carbons (Fsp3) is 0.455. The van der Waals surface area contributed by atoms with Crippen molar-refractivity contribution in [2.24, 2.45) is 7.05 Å². The van der Waals surface area contributed by atoms with Crippen LogP contribution in [0.4, 0.5) is 5.69 Å². The van der Waals surface area contributed by atoms with Crippen molar-refractivity contribution in [3.05, 3.63) is 18.6 Å². The van der Waals surface area contributed by atoms with Crippen molar-refractivity contribution in [2.45, 2.75) is 0 Å². The molecule has 1 N–H and O–H groups in total. The summed E-state index contributed by atoms with van der Waals surface area (Å²) in [6.07, 6.45) is 3.66. The highest BCUT2D eigenvalue weighted by molar-refractivity contribution is 5.86. The van der Waals surface area contributed by atoms with Gasteiger partial charge in [-0.05, 0) is 6.07 Å². The van der Waals surface area contributed by atoms with Gasteiger partial charge in [-0.3, -0.25) is 0 Å². The van der Waals surface area contributed by atoms with Crippen molar-refractivity contribution < 1.29 is 0 Å². The normalized spacial score (nSPS) is 16.9. The van der Waals surface area contributed by atoms with E-state index in [0.717, 1.165) is 37.3 Å². The van der Waals surface area contributed by atoms with Crippen LogP contribution in [0.3, 0.4) is 0 Å². The molecule has 1 aliphatic rings. The van der Waals surface area contributed by atoms with Crippen LogP contribution in [0.5, 0.6) is 0 Å². The lowest BCUT2D eigenvalue weighted by Gasteiger charge is -2.29. The van der Waals surface area contributed by atoms with Crippen LogP contribution in [0.25, 0.3) is 11.2 Å². The summed E-state index contributed by atoms with van der Waals surface area (Å²) in [6, 6.07) is 2.08. The molecule has 0 unspecified atom stereocenters. The lowest BCUT2D eigenvalue weighted by atomic mass is 10.2. The summed E-state index contributed by atoms with van der Waals surface area (Å²) in [5.41, 5.74) is 3.20. The molecule has 0 aliphatic carbocycles. The average Bonchev–Trinajstić information content (AvgIpc) is 2.73. The highest BCUT2D eigenvalue weighted by atomic mass is 15.2. The van der Waals surface area contributed by atoms with Gasteiger partial charge in [-0.1, -0.05) is 0 Å². The minimum atomic E-state index is 0.832. The lowest BCUT2D eigenvalue weighted by molar-refractivity contribution is 0.589. The molecule has 84 valence electrons. The topological polar surface area (TPSA) is 46.0 Å². The van der Waals surface area contributed by atoms with Crippen LogP contribution in [0.15, 0.2) is 18.6 Å². The predicted molar refractivity (Wildman–Crippen MR) is 63.6 cm³/mol. The lowest BCUT2D eigenvalue weighted by Crippen LogP contribution is -2.43. The van der Waals surface area contributed by atoms with Crippen molar-refractivity contribution in [1.82, 2.24) is 19.9 Å². The standard InChI is InChI=1S/C11H15N5/c1-15-8-14-11-10(15)9(2-3-13-11)16-6-4-12-5-7-16/h2-3,8,12H,4-7H2,1H3. The first-order chi connectivity index (χ1) is 7.86. The first-order valence-electron chi connectivity index (χ1n) is 5.58. The summed E-state index contributed by atoms with van der Waals surface area (Å²) in [5.74, 6) is 0. The Morgan fingerprint density at radius 1 is 1.25 bits per heavy atom. The average molecular weight is 217 g/mol. The molecule has 0 saturated carbocycles. The van der Waals surface area contributed by atoms with Gasteiger partial charge in [-0.2, -0.15) is 0 Å². The number of aryl methyl sites for hydroxylation is 1. The van der Waals surface area contributed by atoms with Crippen molar-refractivity contribution >= 4 is 16.9 Å². The number of nitrogens with one attached hydrogen (secondary N) is 1. The second kappa shape index (κ2) is 3.75. The SMILES string of the molecule is Cn1cnc2nccc(N3CCNCC3)c21. The Kier molecular flexibility index (Phi) is 2.25. The number of hydrogen-bond acceptors (Lipinski definition) is 4. The maximum Gasteiger partial charge on any atom is 0.179 e. The van der Waals surface area contributed by atoms with Crippen molar-refractivity contribution in [1.29, 1.82) is 0 Å². The molecule has 2 aromatic rings. The van der Waals surface area contributed by atoms with E-state index in [1.54, 1.807) is 0 Å². The molecular formula is C11H15N5. The Morgan fingerprint density at radius 3 is 2.88 bits per heavy atom. The maximum atomic E-state index is 4.28. The van der Waals surface area contributed by atoms with Gasteiger partial charge in [0.1, 0.15) is 5.52 Å². The van der Waals surface area contributed by atoms with E-state index in [2.05, 4.69) is 26.3 Å². The Balaban J connectivity index is 2.10. The number of imidazole rings is 1. The van der Waals surface area contributed by atoms with Gasteiger partial charge in [0.15, 0.2) is 5.65 Å². The van der Waals surface area contributed by atoms with Crippen LogP contribution in [0.1, 0.15) is 0 Å². The molecule has 16 heavy (non-hydrogen) atoms. The molecule has 0 spiro atoms. The van der Waals surface area contributed by atoms with E-state index >= 15 is 0 Å². The van der Waals surface area contributed by atoms with E-state index in [1.807, 2.05) is 24.1 Å². The molecule has 0 bridgehead atoms. The fourth-order valence-electron chi connectivity index (χ4n) is 2.23. The van der Waals surface area contributed by atoms with Gasteiger partial charge in [0.05, 0.1) is 12.0 Å². The van der Waals surface area contributed by atoms with Gasteiger partial charge in [0.2, 0.25) is 0 Å². The summed E-state index contributed by atoms with van der Waals surface area (Å²) < 4.78 is 2.04. The van der Waals surface area contributed by atoms with Crippen molar-refractivity contribution in [2.75, 3.05) is 31.1 Å². The molecule has 2 aromatic heterocycles. The third kappa shape index (κ3) is 1.44. The number of rotatable bonds is 1. The number of aromatic nitrogens is 3. The summed E-state index contributed by atoms with van der Waals surface area (Å²) in [5, 5.41) is 3.36. The molecule has 5 nitrogen and oxygen atoms in total. The van der Waals surface area contributed by atoms with E-state index in [1.165, 1.54) is 5.69 Å². The van der Waals surface area contributed by atoms with Gasteiger partial charge in [0, 0.05) is 39.4 Å². The van der Waals surface area contributed by atoms with Crippen LogP contribution in [0.2, 0.25) is 0 Å². The second-order valence-electron chi connectivity index (χ2n) is 4.09. The quantitative estimate of drug-likeness (QED) is 0.750. The first kappa shape index (κ1) is 9.59. The van der Waals surface area contributed by atoms with E-state index in [9.17, 15) is 0 Å². The third-order valence-electron chi connectivity index (χ3n) is 3.05. The Labute approximate surface area is 94.1 Å². The summed E-state index contributed by atoms with van der Waals surface area (Å²) in [6.45, 7) is 4.18. The molecule has 0 aromatic carbocycles. The van der Waals surface area contributed by atoms with Crippen LogP contribution in [0, 0.1) is 0 Å². The number of pyridine rings is 1. The minimum Gasteiger partial charge on any atom is -0.367 e. The van der Waals surface area contributed by atoms with Crippen LogP contribution in [-0.4, -0.2) is 40.7 Å². The van der Waals surface area contributed by atoms with E-state index in [0.29, 0.717) is 0 Å². The van der Waals surface area contributed by atoms with Crippen LogP contribution in [-0.2, 0) is 7.05 Å². The molecule has 3 rings (SSSR count). The van der Waals surface area contributed by atoms with Gasteiger partial charge in [-0.15, -0.1) is 0 Å². The number of piperazine rings is 1. The van der Waals surface area contributed by atoms with Gasteiger partial charge in [-0.25, -0.2) is 9.97 Å². The molecule has 0 amide bonds. The molecule has 0 atom stereocenters. The van der Waals surface area contributed by atoms with E-state index in [-0.39, 0.29) is 0 Å². The third-order valence-corrected chi connectivity index (χ3v) is 3.05. The number of hydrogen-bond donors (Lipinski definition) is 1. The smallest absolute Gasteiger partial charge is 0.179 e. The first-order valence-corrected chi connectivity index (χ1v) is 5.58. The predicted octanol–water partition coefficient (Wildman–Crippen LogP) is 0.378. The zero-order valence-corrected chi connectivity index (χ0v) is 9.35. The van der Waals surface area contributed by atoms with E-state index < -0.39 is 0 Å². The summed E-state index contributed by atoms with van der Waals surface area (Å²) in [7, 11) is 2.02. The molecule has 5 heteroatoms. The summed E-state index contributed by atoms with van der Waals surface area (Å²) in [4.78, 5) is 11.0. The molecule has 1 fully saturated rings. The fourth-order valence-corrected chi connectivity index (χ4v) is 2.23. The van der Waals surface area contributed by atoms with Crippen molar-refractivity contribution in [3.8, 4) is 0 Å². The number of anilines is 1. The monoisotopic (exact) mass is 217 g/mol. The van der Waals surface area contributed by atoms with E-state index in [4.69, 9.17) is 0 Å². The zero-order valence-electron chi connectivity index (χ0n) is 9.35. The molecule has 3 heterocycles. The highest BCUT2D eigenvalue weighted by Gasteiger charge is 2.15. The second-order valence-corrected chi connectivity index (χ2v) is 4.09. The van der Waals surface area contributed by atoms with Crippen molar-refractivity contribution in [3.63, 3.8) is 0 Å². The molecular weight excluding hydrogens is 202 g/mol. The van der Waals surface area contributed by atoms with Gasteiger partial charge < -0.3 is 14.8 Å². The highest BCUT2D eigenvalue weighted by Crippen LogP contribution is 2.24. The Morgan fingerprint density at radius 2 is 2.06 bits per heavy atom. The summed E-state index contributed by atoms with van der Waals surface area (Å²) >= 11 is 0. The zero-order chi connectivity index (χ0) is 11.0. The number of fused-ring (bicyclic) bond motifs is 1. The Bertz CT molecular complexity index is 498. The van der Waals surface area contributed by atoms with Crippen LogP contribution >= 0.6 is 0 Å². The van der Waals surface area contributed by atoms with Crippen LogP contribution < -0.4 is 10.2 Å². The largest absolute Gasteiger partial charge is 0.367 e. The molecule has 1 aliphatic heterocycles. The Hall–Kier alpha value is -1.62. The molecule has 0 radical (unpaired) electrons.